The number of rotatable bonds is 3. The lowest BCUT2D eigenvalue weighted by atomic mass is 10.3. The van der Waals surface area contributed by atoms with E-state index in [1.165, 1.54) is 0 Å². The minimum absolute atomic E-state index is 0.334. The molecule has 1 aromatic heterocycles. The molecule has 18 heavy (non-hydrogen) atoms. The van der Waals surface area contributed by atoms with Crippen molar-refractivity contribution in [2.45, 2.75) is 12.8 Å². The lowest BCUT2D eigenvalue weighted by Gasteiger charge is -2.09. The maximum atomic E-state index is 6.06. The Morgan fingerprint density at radius 3 is 2.67 bits per heavy atom. The van der Waals surface area contributed by atoms with Crippen LogP contribution in [0.4, 0.5) is 0 Å². The molecule has 0 aliphatic carbocycles. The Balaban J connectivity index is 2.39. The topological polar surface area (TPSA) is 27.1 Å². The van der Waals surface area contributed by atoms with Crippen LogP contribution in [0.2, 0.25) is 10.0 Å². The highest BCUT2D eigenvalue weighted by Crippen LogP contribution is 2.34. The first-order valence-corrected chi connectivity index (χ1v) is 6.53. The van der Waals surface area contributed by atoms with Gasteiger partial charge in [-0.2, -0.15) is 5.10 Å². The van der Waals surface area contributed by atoms with Crippen LogP contribution >= 0.6 is 34.8 Å². The Kier molecular flexibility index (Phi) is 4.05. The molecule has 1 heterocycles. The van der Waals surface area contributed by atoms with Gasteiger partial charge in [0.05, 0.1) is 22.2 Å². The molecule has 0 amide bonds. The Bertz CT molecular complexity index is 581. The maximum Gasteiger partial charge on any atom is 0.222 e. The van der Waals surface area contributed by atoms with Crippen molar-refractivity contribution in [1.29, 1.82) is 0 Å². The number of halogens is 3. The predicted molar refractivity (Wildman–Crippen MR) is 74.0 cm³/mol. The second-order valence-electron chi connectivity index (χ2n) is 3.80. The third kappa shape index (κ3) is 2.58. The summed E-state index contributed by atoms with van der Waals surface area (Å²) in [4.78, 5) is 0. The zero-order valence-corrected chi connectivity index (χ0v) is 12.1. The van der Waals surface area contributed by atoms with Crippen molar-refractivity contribution in [3.63, 3.8) is 0 Å². The molecule has 0 aliphatic rings. The number of ether oxygens (including phenoxy) is 1. The van der Waals surface area contributed by atoms with E-state index in [0.29, 0.717) is 27.6 Å². The van der Waals surface area contributed by atoms with Gasteiger partial charge in [-0.05, 0) is 25.1 Å². The molecule has 0 saturated carbocycles. The number of aromatic nitrogens is 2. The predicted octanol–water partition coefficient (Wildman–Crippen LogP) is 4.57. The first kappa shape index (κ1) is 13.5. The Labute approximate surface area is 120 Å². The Hall–Kier alpha value is -0.900. The van der Waals surface area contributed by atoms with Gasteiger partial charge in [-0.1, -0.05) is 23.2 Å². The maximum absolute atomic E-state index is 6.06. The van der Waals surface area contributed by atoms with Crippen molar-refractivity contribution in [3.05, 3.63) is 39.5 Å². The van der Waals surface area contributed by atoms with E-state index in [2.05, 4.69) is 5.10 Å². The van der Waals surface area contributed by atoms with Crippen LogP contribution in [-0.4, -0.2) is 9.78 Å². The van der Waals surface area contributed by atoms with E-state index < -0.39 is 0 Å². The van der Waals surface area contributed by atoms with E-state index in [4.69, 9.17) is 39.5 Å². The van der Waals surface area contributed by atoms with Crippen molar-refractivity contribution >= 4 is 34.8 Å². The van der Waals surface area contributed by atoms with Gasteiger partial charge in [-0.3, -0.25) is 0 Å². The highest BCUT2D eigenvalue weighted by molar-refractivity contribution is 6.35. The van der Waals surface area contributed by atoms with Gasteiger partial charge in [0.15, 0.2) is 0 Å². The van der Waals surface area contributed by atoms with Crippen molar-refractivity contribution in [2.75, 3.05) is 0 Å². The summed E-state index contributed by atoms with van der Waals surface area (Å²) in [6, 6.07) is 5.05. The van der Waals surface area contributed by atoms with Crippen LogP contribution in [0.15, 0.2) is 18.2 Å². The highest BCUT2D eigenvalue weighted by atomic mass is 35.5. The van der Waals surface area contributed by atoms with Crippen LogP contribution in [-0.2, 0) is 12.9 Å². The van der Waals surface area contributed by atoms with Gasteiger partial charge in [-0.15, -0.1) is 11.6 Å². The average molecular weight is 306 g/mol. The molecule has 0 fully saturated rings. The Morgan fingerprint density at radius 1 is 1.33 bits per heavy atom. The molecule has 0 bridgehead atoms. The first-order chi connectivity index (χ1) is 8.52. The summed E-state index contributed by atoms with van der Waals surface area (Å²) in [5.74, 6) is 1.45. The second kappa shape index (κ2) is 5.39. The lowest BCUT2D eigenvalue weighted by Crippen LogP contribution is -1.96. The number of hydrogen-bond acceptors (Lipinski definition) is 2. The van der Waals surface area contributed by atoms with Crippen LogP contribution < -0.4 is 4.74 Å². The van der Waals surface area contributed by atoms with E-state index in [0.717, 1.165) is 11.3 Å². The summed E-state index contributed by atoms with van der Waals surface area (Å²) in [6.07, 6.45) is 0. The standard InChI is InChI=1S/C12H11Cl3N2O/c1-7-9(6-13)12(17(2)16-7)18-11-4-3-8(14)5-10(11)15/h3-5H,6H2,1-2H3. The van der Waals surface area contributed by atoms with Crippen LogP contribution in [0.5, 0.6) is 11.6 Å². The molecule has 2 aromatic rings. The molecule has 3 nitrogen and oxygen atoms in total. The fourth-order valence-corrected chi connectivity index (χ4v) is 2.38. The summed E-state index contributed by atoms with van der Waals surface area (Å²) < 4.78 is 7.40. The molecule has 96 valence electrons. The quantitative estimate of drug-likeness (QED) is 0.777. The van der Waals surface area contributed by atoms with Crippen molar-refractivity contribution < 1.29 is 4.74 Å². The second-order valence-corrected chi connectivity index (χ2v) is 4.91. The van der Waals surface area contributed by atoms with E-state index in [1.54, 1.807) is 29.9 Å². The number of benzene rings is 1. The largest absolute Gasteiger partial charge is 0.437 e. The zero-order chi connectivity index (χ0) is 13.3. The van der Waals surface area contributed by atoms with Gasteiger partial charge in [0.25, 0.3) is 0 Å². The number of hydrogen-bond donors (Lipinski definition) is 0. The monoisotopic (exact) mass is 304 g/mol. The van der Waals surface area contributed by atoms with Crippen molar-refractivity contribution in [3.8, 4) is 11.6 Å². The smallest absolute Gasteiger partial charge is 0.222 e. The molecule has 0 radical (unpaired) electrons. The summed E-state index contributed by atoms with van der Waals surface area (Å²) >= 11 is 17.8. The van der Waals surface area contributed by atoms with Gasteiger partial charge in [0.2, 0.25) is 5.88 Å². The lowest BCUT2D eigenvalue weighted by molar-refractivity contribution is 0.427. The molecular weight excluding hydrogens is 295 g/mol. The third-order valence-electron chi connectivity index (χ3n) is 2.52. The van der Waals surface area contributed by atoms with E-state index in [9.17, 15) is 0 Å². The fourth-order valence-electron chi connectivity index (χ4n) is 1.62. The average Bonchev–Trinajstić information content (AvgIpc) is 2.57. The molecule has 1 aromatic carbocycles. The number of nitrogens with zero attached hydrogens (tertiary/aromatic N) is 2. The van der Waals surface area contributed by atoms with E-state index in [-0.39, 0.29) is 0 Å². The van der Waals surface area contributed by atoms with Gasteiger partial charge in [-0.25, -0.2) is 4.68 Å². The molecule has 0 spiro atoms. The minimum Gasteiger partial charge on any atom is -0.437 e. The summed E-state index contributed by atoms with van der Waals surface area (Å²) in [5.41, 5.74) is 1.69. The van der Waals surface area contributed by atoms with Crippen LogP contribution in [0.1, 0.15) is 11.3 Å². The molecule has 0 atom stereocenters. The summed E-state index contributed by atoms with van der Waals surface area (Å²) in [7, 11) is 1.79. The molecule has 0 unspecified atom stereocenters. The highest BCUT2D eigenvalue weighted by Gasteiger charge is 2.15. The molecule has 6 heteroatoms. The first-order valence-electron chi connectivity index (χ1n) is 5.24. The Morgan fingerprint density at radius 2 is 2.06 bits per heavy atom. The molecule has 0 saturated heterocycles. The molecular formula is C12H11Cl3N2O. The van der Waals surface area contributed by atoms with Crippen LogP contribution in [0.3, 0.4) is 0 Å². The molecule has 0 N–H and O–H groups in total. The normalized spacial score (nSPS) is 10.7. The van der Waals surface area contributed by atoms with Gasteiger partial charge >= 0.3 is 0 Å². The zero-order valence-electron chi connectivity index (χ0n) is 9.88. The summed E-state index contributed by atoms with van der Waals surface area (Å²) in [6.45, 7) is 1.88. The molecule has 2 rings (SSSR count). The fraction of sp³-hybridized carbons (Fsp3) is 0.250. The van der Waals surface area contributed by atoms with Crippen LogP contribution in [0, 0.1) is 6.92 Å². The van der Waals surface area contributed by atoms with Crippen molar-refractivity contribution in [2.24, 2.45) is 7.05 Å². The van der Waals surface area contributed by atoms with Gasteiger partial charge in [0, 0.05) is 12.1 Å². The summed E-state index contributed by atoms with van der Waals surface area (Å²) in [5, 5.41) is 5.27. The van der Waals surface area contributed by atoms with E-state index >= 15 is 0 Å². The van der Waals surface area contributed by atoms with Crippen molar-refractivity contribution in [1.82, 2.24) is 9.78 Å². The molecule has 0 aliphatic heterocycles. The van der Waals surface area contributed by atoms with E-state index in [1.807, 2.05) is 6.92 Å². The third-order valence-corrected chi connectivity index (χ3v) is 3.32. The number of aryl methyl sites for hydroxylation is 2. The van der Waals surface area contributed by atoms with Gasteiger partial charge in [0.1, 0.15) is 5.75 Å². The SMILES string of the molecule is Cc1nn(C)c(Oc2ccc(Cl)cc2Cl)c1CCl. The number of alkyl halides is 1. The van der Waals surface area contributed by atoms with Gasteiger partial charge < -0.3 is 4.74 Å². The van der Waals surface area contributed by atoms with Crippen LogP contribution in [0.25, 0.3) is 0 Å². The minimum atomic E-state index is 0.334.